The van der Waals surface area contributed by atoms with Crippen LogP contribution in [0.5, 0.6) is 0 Å². The molecule has 1 aromatic carbocycles. The smallest absolute Gasteiger partial charge is 0.351 e. The average molecular weight is 415 g/mol. The zero-order valence-corrected chi connectivity index (χ0v) is 13.5. The van der Waals surface area contributed by atoms with Crippen molar-refractivity contribution in [2.75, 3.05) is 6.54 Å². The molecule has 0 spiro atoms. The summed E-state index contributed by atoms with van der Waals surface area (Å²) in [7, 11) is 0. The summed E-state index contributed by atoms with van der Waals surface area (Å²) in [5.41, 5.74) is -0.834. The fraction of sp³-hybridized carbons (Fsp3) is 0.462. The van der Waals surface area contributed by atoms with Crippen LogP contribution in [-0.4, -0.2) is 17.3 Å². The molecular formula is C13H12Br2F3NO. The zero-order chi connectivity index (χ0) is 14.9. The van der Waals surface area contributed by atoms with Gasteiger partial charge in [0.1, 0.15) is 0 Å². The summed E-state index contributed by atoms with van der Waals surface area (Å²) in [6.45, 7) is 0.418. The van der Waals surface area contributed by atoms with Gasteiger partial charge >= 0.3 is 6.18 Å². The summed E-state index contributed by atoms with van der Waals surface area (Å²) < 4.78 is 38.2. The van der Waals surface area contributed by atoms with E-state index in [1.165, 1.54) is 12.1 Å². The first-order chi connectivity index (χ1) is 9.29. The summed E-state index contributed by atoms with van der Waals surface area (Å²) in [4.78, 5) is 12.1. The molecule has 2 rings (SSSR count). The van der Waals surface area contributed by atoms with Gasteiger partial charge in [-0.1, -0.05) is 31.9 Å². The standard InChI is InChI=1S/C13H12Br2F3NO/c14-10-4-3-8(5-9(10)13(16,17)18)12(20)19-6-11(15)7-1-2-7/h3-5,7,11H,1-2,6H2,(H,19,20). The van der Waals surface area contributed by atoms with Gasteiger partial charge in [0, 0.05) is 21.4 Å². The quantitative estimate of drug-likeness (QED) is 0.728. The van der Waals surface area contributed by atoms with E-state index in [4.69, 9.17) is 0 Å². The van der Waals surface area contributed by atoms with Gasteiger partial charge in [0.25, 0.3) is 5.91 Å². The van der Waals surface area contributed by atoms with Crippen LogP contribution in [-0.2, 0) is 6.18 Å². The van der Waals surface area contributed by atoms with Crippen LogP contribution in [0.2, 0.25) is 0 Å². The number of nitrogens with one attached hydrogen (secondary N) is 1. The molecule has 0 aliphatic heterocycles. The van der Waals surface area contributed by atoms with Gasteiger partial charge in [-0.05, 0) is 37.0 Å². The SMILES string of the molecule is O=C(NCC(Br)C1CC1)c1ccc(Br)c(C(F)(F)F)c1. The number of rotatable bonds is 4. The van der Waals surface area contributed by atoms with E-state index in [-0.39, 0.29) is 14.9 Å². The molecule has 110 valence electrons. The van der Waals surface area contributed by atoms with Crippen molar-refractivity contribution in [1.29, 1.82) is 0 Å². The van der Waals surface area contributed by atoms with Crippen molar-refractivity contribution in [2.24, 2.45) is 5.92 Å². The highest BCUT2D eigenvalue weighted by molar-refractivity contribution is 9.10. The van der Waals surface area contributed by atoms with Gasteiger partial charge in [-0.25, -0.2) is 0 Å². The predicted molar refractivity (Wildman–Crippen MR) is 76.9 cm³/mol. The molecular weight excluding hydrogens is 403 g/mol. The lowest BCUT2D eigenvalue weighted by Gasteiger charge is -2.13. The molecule has 0 aromatic heterocycles. The van der Waals surface area contributed by atoms with E-state index in [9.17, 15) is 18.0 Å². The first kappa shape index (κ1) is 15.8. The van der Waals surface area contributed by atoms with E-state index in [1.54, 1.807) is 0 Å². The lowest BCUT2D eigenvalue weighted by molar-refractivity contribution is -0.138. The van der Waals surface area contributed by atoms with Crippen LogP contribution in [0.25, 0.3) is 0 Å². The Bertz CT molecular complexity index is 515. The molecule has 1 aromatic rings. The van der Waals surface area contributed by atoms with Crippen molar-refractivity contribution in [1.82, 2.24) is 5.32 Å². The lowest BCUT2D eigenvalue weighted by atomic mass is 10.1. The molecule has 1 fully saturated rings. The minimum absolute atomic E-state index is 0.0102. The van der Waals surface area contributed by atoms with Gasteiger partial charge < -0.3 is 5.32 Å². The highest BCUT2D eigenvalue weighted by atomic mass is 79.9. The van der Waals surface area contributed by atoms with Crippen LogP contribution in [0, 0.1) is 5.92 Å². The molecule has 1 aliphatic rings. The number of hydrogen-bond acceptors (Lipinski definition) is 1. The van der Waals surface area contributed by atoms with E-state index in [0.29, 0.717) is 12.5 Å². The van der Waals surface area contributed by atoms with Crippen LogP contribution >= 0.6 is 31.9 Å². The molecule has 1 N–H and O–H groups in total. The van der Waals surface area contributed by atoms with Crippen molar-refractivity contribution in [2.45, 2.75) is 23.8 Å². The van der Waals surface area contributed by atoms with Crippen molar-refractivity contribution in [3.05, 3.63) is 33.8 Å². The molecule has 1 amide bonds. The van der Waals surface area contributed by atoms with Gasteiger partial charge in [0.05, 0.1) is 5.56 Å². The molecule has 7 heteroatoms. The predicted octanol–water partition coefficient (Wildman–Crippen LogP) is 4.37. The maximum absolute atomic E-state index is 12.8. The Morgan fingerprint density at radius 1 is 1.40 bits per heavy atom. The summed E-state index contributed by atoms with van der Waals surface area (Å²) in [6, 6.07) is 3.47. The van der Waals surface area contributed by atoms with Gasteiger partial charge in [-0.2, -0.15) is 13.2 Å². The van der Waals surface area contributed by atoms with E-state index < -0.39 is 17.6 Å². The molecule has 0 bridgehead atoms. The summed E-state index contributed by atoms with van der Waals surface area (Å²) in [5.74, 6) is 0.0686. The van der Waals surface area contributed by atoms with Gasteiger partial charge in [0.2, 0.25) is 0 Å². The maximum Gasteiger partial charge on any atom is 0.417 e. The third-order valence-electron chi connectivity index (χ3n) is 3.13. The van der Waals surface area contributed by atoms with Crippen molar-refractivity contribution in [3.63, 3.8) is 0 Å². The minimum atomic E-state index is -4.49. The molecule has 2 nitrogen and oxygen atoms in total. The second kappa shape index (κ2) is 6.05. The molecule has 1 aliphatic carbocycles. The highest BCUT2D eigenvalue weighted by Gasteiger charge is 2.34. The second-order valence-corrected chi connectivity index (χ2v) is 6.79. The Kier molecular flexibility index (Phi) is 4.79. The number of benzene rings is 1. The Morgan fingerprint density at radius 3 is 2.60 bits per heavy atom. The normalized spacial score (nSPS) is 16.9. The Balaban J connectivity index is 2.06. The number of carbonyl (C=O) groups is 1. The van der Waals surface area contributed by atoms with Crippen LogP contribution in [0.3, 0.4) is 0 Å². The summed E-state index contributed by atoms with van der Waals surface area (Å²) in [5, 5.41) is 2.65. The second-order valence-electron chi connectivity index (χ2n) is 4.76. The van der Waals surface area contributed by atoms with Crippen LogP contribution in [0.4, 0.5) is 13.2 Å². The van der Waals surface area contributed by atoms with Gasteiger partial charge in [-0.3, -0.25) is 4.79 Å². The highest BCUT2D eigenvalue weighted by Crippen LogP contribution is 2.36. The third kappa shape index (κ3) is 3.97. The summed E-state index contributed by atoms with van der Waals surface area (Å²) >= 11 is 6.31. The number of amides is 1. The van der Waals surface area contributed by atoms with Crippen molar-refractivity contribution < 1.29 is 18.0 Å². The molecule has 1 atom stereocenters. The average Bonchev–Trinajstić information content (AvgIpc) is 3.18. The zero-order valence-electron chi connectivity index (χ0n) is 10.3. The molecule has 0 saturated heterocycles. The number of carbonyl (C=O) groups excluding carboxylic acids is 1. The van der Waals surface area contributed by atoms with E-state index in [0.717, 1.165) is 18.9 Å². The van der Waals surface area contributed by atoms with E-state index in [2.05, 4.69) is 37.2 Å². The monoisotopic (exact) mass is 413 g/mol. The Labute approximate surface area is 131 Å². The van der Waals surface area contributed by atoms with Crippen LogP contribution < -0.4 is 5.32 Å². The third-order valence-corrected chi connectivity index (χ3v) is 4.89. The first-order valence-corrected chi connectivity index (χ1v) is 7.79. The Morgan fingerprint density at radius 2 is 2.05 bits per heavy atom. The van der Waals surface area contributed by atoms with Gasteiger partial charge in [0.15, 0.2) is 0 Å². The molecule has 1 saturated carbocycles. The number of halogens is 5. The number of hydrogen-bond donors (Lipinski definition) is 1. The molecule has 0 radical (unpaired) electrons. The largest absolute Gasteiger partial charge is 0.417 e. The van der Waals surface area contributed by atoms with Crippen molar-refractivity contribution in [3.8, 4) is 0 Å². The Hall–Kier alpha value is -0.560. The summed E-state index contributed by atoms with van der Waals surface area (Å²) in [6.07, 6.45) is -2.23. The van der Waals surface area contributed by atoms with Crippen LogP contribution in [0.1, 0.15) is 28.8 Å². The van der Waals surface area contributed by atoms with Gasteiger partial charge in [-0.15, -0.1) is 0 Å². The van der Waals surface area contributed by atoms with E-state index >= 15 is 0 Å². The minimum Gasteiger partial charge on any atom is -0.351 e. The number of alkyl halides is 4. The molecule has 0 heterocycles. The fourth-order valence-corrected chi connectivity index (χ4v) is 2.96. The maximum atomic E-state index is 12.8. The fourth-order valence-electron chi connectivity index (χ4n) is 1.80. The van der Waals surface area contributed by atoms with Crippen molar-refractivity contribution >= 4 is 37.8 Å². The van der Waals surface area contributed by atoms with E-state index in [1.807, 2.05) is 0 Å². The molecule has 20 heavy (non-hydrogen) atoms. The molecule has 1 unspecified atom stereocenters. The first-order valence-electron chi connectivity index (χ1n) is 6.08. The van der Waals surface area contributed by atoms with Crippen LogP contribution in [0.15, 0.2) is 22.7 Å². The topological polar surface area (TPSA) is 29.1 Å². The lowest BCUT2D eigenvalue weighted by Crippen LogP contribution is -2.30.